The molecule has 1 aliphatic rings. The Labute approximate surface area is 112 Å². The van der Waals surface area contributed by atoms with Crippen molar-refractivity contribution in [2.24, 2.45) is 0 Å². The second kappa shape index (κ2) is 5.90. The van der Waals surface area contributed by atoms with E-state index in [-0.39, 0.29) is 12.6 Å². The van der Waals surface area contributed by atoms with Crippen LogP contribution in [0.3, 0.4) is 0 Å². The molecule has 2 amide bonds. The molecule has 1 saturated heterocycles. The van der Waals surface area contributed by atoms with Gasteiger partial charge in [-0.1, -0.05) is 0 Å². The summed E-state index contributed by atoms with van der Waals surface area (Å²) in [4.78, 5) is 35.4. The lowest BCUT2D eigenvalue weighted by Gasteiger charge is -2.26. The standard InChI is InChI=1S/C12H20N2O5/c1-12(2,3)19-11(17)14-6-8(5-9(14)7-15)13-10(16)18-4/h7-9H,5-6H2,1-4H3,(H,13,16)/t8-,9+/m1/s1. The van der Waals surface area contributed by atoms with E-state index in [0.29, 0.717) is 12.7 Å². The van der Waals surface area contributed by atoms with Crippen molar-refractivity contribution in [3.05, 3.63) is 0 Å². The lowest BCUT2D eigenvalue weighted by molar-refractivity contribution is -0.111. The number of nitrogens with zero attached hydrogens (tertiary/aromatic N) is 1. The molecule has 0 aliphatic carbocycles. The van der Waals surface area contributed by atoms with Crippen LogP contribution in [0.4, 0.5) is 9.59 Å². The van der Waals surface area contributed by atoms with E-state index < -0.39 is 23.8 Å². The van der Waals surface area contributed by atoms with Gasteiger partial charge in [-0.3, -0.25) is 4.90 Å². The van der Waals surface area contributed by atoms with Gasteiger partial charge in [0.15, 0.2) is 0 Å². The second-order valence-corrected chi connectivity index (χ2v) is 5.40. The summed E-state index contributed by atoms with van der Waals surface area (Å²) in [5.74, 6) is 0. The number of rotatable bonds is 2. The van der Waals surface area contributed by atoms with Crippen molar-refractivity contribution in [3.63, 3.8) is 0 Å². The lowest BCUT2D eigenvalue weighted by atomic mass is 10.2. The quantitative estimate of drug-likeness (QED) is 0.755. The fourth-order valence-electron chi connectivity index (χ4n) is 1.86. The fourth-order valence-corrected chi connectivity index (χ4v) is 1.86. The molecule has 0 aromatic heterocycles. The van der Waals surface area contributed by atoms with Gasteiger partial charge in [-0.25, -0.2) is 9.59 Å². The molecular formula is C12H20N2O5. The van der Waals surface area contributed by atoms with Gasteiger partial charge >= 0.3 is 12.2 Å². The summed E-state index contributed by atoms with van der Waals surface area (Å²) in [6, 6.07) is -0.896. The van der Waals surface area contributed by atoms with Gasteiger partial charge in [0.1, 0.15) is 11.9 Å². The SMILES string of the molecule is COC(=O)N[C@@H]1C[C@@H](C=O)N(C(=O)OC(C)(C)C)C1. The van der Waals surface area contributed by atoms with E-state index in [1.807, 2.05) is 0 Å². The van der Waals surface area contributed by atoms with Gasteiger partial charge in [-0.05, 0) is 27.2 Å². The van der Waals surface area contributed by atoms with E-state index in [0.717, 1.165) is 0 Å². The Hall–Kier alpha value is -1.79. The number of hydrogen-bond acceptors (Lipinski definition) is 5. The van der Waals surface area contributed by atoms with Crippen LogP contribution in [0, 0.1) is 0 Å². The third-order valence-electron chi connectivity index (χ3n) is 2.64. The lowest BCUT2D eigenvalue weighted by Crippen LogP contribution is -2.42. The Morgan fingerprint density at radius 1 is 1.37 bits per heavy atom. The van der Waals surface area contributed by atoms with Gasteiger partial charge in [0.05, 0.1) is 19.2 Å². The molecule has 7 heteroatoms. The Bertz CT molecular complexity index is 364. The molecule has 0 aromatic rings. The van der Waals surface area contributed by atoms with Crippen molar-refractivity contribution in [1.29, 1.82) is 0 Å². The third kappa shape index (κ3) is 4.42. The smallest absolute Gasteiger partial charge is 0.410 e. The maximum Gasteiger partial charge on any atom is 0.410 e. The second-order valence-electron chi connectivity index (χ2n) is 5.40. The topological polar surface area (TPSA) is 84.9 Å². The molecule has 0 radical (unpaired) electrons. The summed E-state index contributed by atoms with van der Waals surface area (Å²) in [7, 11) is 1.26. The van der Waals surface area contributed by atoms with E-state index >= 15 is 0 Å². The van der Waals surface area contributed by atoms with Crippen LogP contribution in [-0.4, -0.2) is 54.7 Å². The highest BCUT2D eigenvalue weighted by atomic mass is 16.6. The molecule has 1 aliphatic heterocycles. The monoisotopic (exact) mass is 272 g/mol. The molecule has 2 atom stereocenters. The molecule has 19 heavy (non-hydrogen) atoms. The summed E-state index contributed by atoms with van der Waals surface area (Å²) < 4.78 is 9.70. The predicted molar refractivity (Wildman–Crippen MR) is 66.7 cm³/mol. The van der Waals surface area contributed by atoms with Crippen LogP contribution >= 0.6 is 0 Å². The van der Waals surface area contributed by atoms with E-state index in [1.165, 1.54) is 12.0 Å². The number of nitrogens with one attached hydrogen (secondary N) is 1. The van der Waals surface area contributed by atoms with E-state index in [4.69, 9.17) is 4.74 Å². The number of amides is 2. The minimum Gasteiger partial charge on any atom is -0.453 e. The molecule has 7 nitrogen and oxygen atoms in total. The van der Waals surface area contributed by atoms with Gasteiger partial charge in [-0.15, -0.1) is 0 Å². The molecule has 1 heterocycles. The van der Waals surface area contributed by atoms with Crippen LogP contribution < -0.4 is 5.32 Å². The van der Waals surface area contributed by atoms with Crippen LogP contribution in [0.15, 0.2) is 0 Å². The van der Waals surface area contributed by atoms with Crippen molar-refractivity contribution >= 4 is 18.5 Å². The highest BCUT2D eigenvalue weighted by Gasteiger charge is 2.38. The Morgan fingerprint density at radius 3 is 2.47 bits per heavy atom. The first-order valence-electron chi connectivity index (χ1n) is 6.06. The van der Waals surface area contributed by atoms with Crippen LogP contribution in [0.2, 0.25) is 0 Å². The Kier molecular flexibility index (Phi) is 4.74. The van der Waals surface area contributed by atoms with Crippen LogP contribution in [0.5, 0.6) is 0 Å². The molecule has 0 spiro atoms. The number of alkyl carbamates (subject to hydrolysis) is 1. The van der Waals surface area contributed by atoms with Crippen molar-refractivity contribution in [2.75, 3.05) is 13.7 Å². The van der Waals surface area contributed by atoms with Crippen LogP contribution in [-0.2, 0) is 14.3 Å². The van der Waals surface area contributed by atoms with Gasteiger partial charge in [-0.2, -0.15) is 0 Å². The van der Waals surface area contributed by atoms with Gasteiger partial charge in [0, 0.05) is 6.54 Å². The van der Waals surface area contributed by atoms with Gasteiger partial charge in [0.25, 0.3) is 0 Å². The summed E-state index contributed by atoms with van der Waals surface area (Å²) in [5, 5.41) is 2.57. The maximum atomic E-state index is 11.9. The summed E-state index contributed by atoms with van der Waals surface area (Å²) in [6.45, 7) is 5.48. The van der Waals surface area contributed by atoms with E-state index in [2.05, 4.69) is 10.1 Å². The minimum absolute atomic E-state index is 0.230. The van der Waals surface area contributed by atoms with E-state index in [9.17, 15) is 14.4 Å². The molecule has 1 rings (SSSR count). The third-order valence-corrected chi connectivity index (χ3v) is 2.64. The zero-order valence-electron chi connectivity index (χ0n) is 11.6. The highest BCUT2D eigenvalue weighted by Crippen LogP contribution is 2.20. The van der Waals surface area contributed by atoms with Crippen LogP contribution in [0.25, 0.3) is 0 Å². The predicted octanol–water partition coefficient (Wildman–Crippen LogP) is 0.919. The zero-order valence-corrected chi connectivity index (χ0v) is 11.6. The first-order chi connectivity index (χ1) is 8.76. The number of likely N-dealkylation sites (tertiary alicyclic amines) is 1. The number of hydrogen-bond donors (Lipinski definition) is 1. The molecule has 1 fully saturated rings. The van der Waals surface area contributed by atoms with Crippen molar-refractivity contribution < 1.29 is 23.9 Å². The fraction of sp³-hybridized carbons (Fsp3) is 0.750. The largest absolute Gasteiger partial charge is 0.453 e. The highest BCUT2D eigenvalue weighted by molar-refractivity contribution is 5.75. The minimum atomic E-state index is -0.627. The summed E-state index contributed by atoms with van der Waals surface area (Å²) in [6.07, 6.45) is -0.0970. The normalized spacial score (nSPS) is 22.8. The molecule has 0 bridgehead atoms. The summed E-state index contributed by atoms with van der Waals surface area (Å²) >= 11 is 0. The Balaban J connectivity index is 2.65. The molecule has 0 aromatic carbocycles. The molecule has 0 saturated carbocycles. The first kappa shape index (κ1) is 15.3. The number of methoxy groups -OCH3 is 1. The average molecular weight is 272 g/mol. The van der Waals surface area contributed by atoms with Crippen molar-refractivity contribution in [2.45, 2.75) is 44.9 Å². The van der Waals surface area contributed by atoms with E-state index in [1.54, 1.807) is 20.8 Å². The Morgan fingerprint density at radius 2 is 2.00 bits per heavy atom. The molecule has 0 unspecified atom stereocenters. The number of carbonyl (C=O) groups excluding carboxylic acids is 3. The van der Waals surface area contributed by atoms with Crippen LogP contribution in [0.1, 0.15) is 27.2 Å². The van der Waals surface area contributed by atoms with Gasteiger partial charge < -0.3 is 19.6 Å². The molecule has 108 valence electrons. The first-order valence-corrected chi connectivity index (χ1v) is 6.06. The number of ether oxygens (including phenoxy) is 2. The van der Waals surface area contributed by atoms with Crippen molar-refractivity contribution in [1.82, 2.24) is 10.2 Å². The maximum absolute atomic E-state index is 11.9. The van der Waals surface area contributed by atoms with Crippen molar-refractivity contribution in [3.8, 4) is 0 Å². The average Bonchev–Trinajstić information content (AvgIpc) is 2.69. The molecule has 1 N–H and O–H groups in total. The zero-order chi connectivity index (χ0) is 14.6. The van der Waals surface area contributed by atoms with Gasteiger partial charge in [0.2, 0.25) is 0 Å². The number of carbonyl (C=O) groups is 3. The molecular weight excluding hydrogens is 252 g/mol. The number of aldehydes is 1. The summed E-state index contributed by atoms with van der Waals surface area (Å²) in [5.41, 5.74) is -0.627.